The largest absolute Gasteiger partial charge is 0.332 e. The number of carbonyl (C=O) groups is 2. The fraction of sp³-hybridized carbons (Fsp3) is 0.167. The maximum Gasteiger partial charge on any atom is 0.255 e. The highest BCUT2D eigenvalue weighted by atomic mass is 32.1. The van der Waals surface area contributed by atoms with Crippen molar-refractivity contribution in [2.45, 2.75) is 13.8 Å². The first-order chi connectivity index (χ1) is 11.5. The molecule has 0 saturated heterocycles. The molecule has 6 heteroatoms. The molecule has 0 aromatic heterocycles. The first-order valence-electron chi connectivity index (χ1n) is 7.54. The van der Waals surface area contributed by atoms with E-state index in [-0.39, 0.29) is 22.8 Å². The number of hydrogen-bond acceptors (Lipinski definition) is 3. The second-order valence-electron chi connectivity index (χ2n) is 5.50. The molecule has 2 amide bonds. The zero-order valence-electron chi connectivity index (χ0n) is 13.5. The number of amides is 2. The number of hydrogen-bond donors (Lipinski definition) is 3. The minimum Gasteiger partial charge on any atom is -0.332 e. The summed E-state index contributed by atoms with van der Waals surface area (Å²) in [6.07, 6.45) is 0. The lowest BCUT2D eigenvalue weighted by molar-refractivity contribution is -0.122. The third-order valence-corrected chi connectivity index (χ3v) is 3.40. The first kappa shape index (κ1) is 17.6. The fourth-order valence-electron chi connectivity index (χ4n) is 1.85. The average Bonchev–Trinajstić information content (AvgIpc) is 2.57. The zero-order valence-corrected chi connectivity index (χ0v) is 14.3. The summed E-state index contributed by atoms with van der Waals surface area (Å²) in [5.74, 6) is -0.449. The van der Waals surface area contributed by atoms with Crippen LogP contribution in [0.3, 0.4) is 0 Å². The molecule has 2 aromatic carbocycles. The number of nitrogens with one attached hydrogen (secondary N) is 3. The predicted molar refractivity (Wildman–Crippen MR) is 100 cm³/mol. The van der Waals surface area contributed by atoms with E-state index in [1.807, 2.05) is 18.2 Å². The molecule has 0 bridgehead atoms. The molecule has 0 radical (unpaired) electrons. The summed E-state index contributed by atoms with van der Waals surface area (Å²) in [7, 11) is 0. The summed E-state index contributed by atoms with van der Waals surface area (Å²) in [6, 6.07) is 16.1. The molecule has 0 heterocycles. The highest BCUT2D eigenvalue weighted by Gasteiger charge is 2.09. The highest BCUT2D eigenvalue weighted by molar-refractivity contribution is 7.80. The van der Waals surface area contributed by atoms with Gasteiger partial charge in [-0.05, 0) is 48.6 Å². The molecule has 2 rings (SSSR count). The smallest absolute Gasteiger partial charge is 0.255 e. The van der Waals surface area contributed by atoms with Crippen molar-refractivity contribution in [1.29, 1.82) is 0 Å². The molecule has 2 aromatic rings. The molecule has 124 valence electrons. The van der Waals surface area contributed by atoms with Crippen LogP contribution in [0.15, 0.2) is 54.6 Å². The zero-order chi connectivity index (χ0) is 17.5. The van der Waals surface area contributed by atoms with Crippen LogP contribution in [-0.4, -0.2) is 16.9 Å². The van der Waals surface area contributed by atoms with Gasteiger partial charge in [-0.2, -0.15) is 0 Å². The molecule has 0 aliphatic heterocycles. The first-order valence-corrected chi connectivity index (χ1v) is 7.95. The maximum atomic E-state index is 12.1. The second-order valence-corrected chi connectivity index (χ2v) is 5.90. The fourth-order valence-corrected chi connectivity index (χ4v) is 2.07. The Morgan fingerprint density at radius 1 is 0.875 bits per heavy atom. The van der Waals surface area contributed by atoms with Gasteiger partial charge in [0.15, 0.2) is 5.11 Å². The van der Waals surface area contributed by atoms with Gasteiger partial charge in [-0.25, -0.2) is 0 Å². The normalized spacial score (nSPS) is 10.1. The minimum absolute atomic E-state index is 0.139. The standard InChI is InChI=1S/C18H19N3O2S/c1-12(2)16(22)21-18(24)20-15-10-8-14(9-11-15)19-17(23)13-6-4-3-5-7-13/h3-12H,1-2H3,(H,19,23)(H2,20,21,22,24). The summed E-state index contributed by atoms with van der Waals surface area (Å²) in [5, 5.41) is 8.60. The van der Waals surface area contributed by atoms with Crippen LogP contribution in [0, 0.1) is 5.92 Å². The van der Waals surface area contributed by atoms with Crippen LogP contribution in [0.5, 0.6) is 0 Å². The molecule has 3 N–H and O–H groups in total. The Kier molecular flexibility index (Phi) is 6.03. The van der Waals surface area contributed by atoms with Crippen LogP contribution in [0.25, 0.3) is 0 Å². The quantitative estimate of drug-likeness (QED) is 0.746. The Labute approximate surface area is 146 Å². The van der Waals surface area contributed by atoms with Crippen molar-refractivity contribution in [3.63, 3.8) is 0 Å². The van der Waals surface area contributed by atoms with Crippen molar-refractivity contribution in [1.82, 2.24) is 5.32 Å². The average molecular weight is 341 g/mol. The van der Waals surface area contributed by atoms with Crippen molar-refractivity contribution in [2.24, 2.45) is 5.92 Å². The van der Waals surface area contributed by atoms with Crippen LogP contribution < -0.4 is 16.0 Å². The van der Waals surface area contributed by atoms with Crippen molar-refractivity contribution in [3.8, 4) is 0 Å². The lowest BCUT2D eigenvalue weighted by Gasteiger charge is -2.12. The number of carbonyl (C=O) groups excluding carboxylic acids is 2. The van der Waals surface area contributed by atoms with Crippen molar-refractivity contribution in [3.05, 3.63) is 60.2 Å². The van der Waals surface area contributed by atoms with Gasteiger partial charge in [0.25, 0.3) is 5.91 Å². The Balaban J connectivity index is 1.92. The van der Waals surface area contributed by atoms with E-state index < -0.39 is 0 Å². The van der Waals surface area contributed by atoms with Crippen molar-refractivity contribution in [2.75, 3.05) is 10.6 Å². The van der Waals surface area contributed by atoms with E-state index >= 15 is 0 Å². The van der Waals surface area contributed by atoms with Crippen LogP contribution in [-0.2, 0) is 4.79 Å². The van der Waals surface area contributed by atoms with E-state index in [9.17, 15) is 9.59 Å². The SMILES string of the molecule is CC(C)C(=O)NC(=S)Nc1ccc(NC(=O)c2ccccc2)cc1. The molecule has 24 heavy (non-hydrogen) atoms. The van der Waals surface area contributed by atoms with Gasteiger partial charge in [0.05, 0.1) is 0 Å². The predicted octanol–water partition coefficient (Wildman–Crippen LogP) is 3.41. The van der Waals surface area contributed by atoms with Gasteiger partial charge in [-0.3, -0.25) is 9.59 Å². The van der Waals surface area contributed by atoms with Crippen LogP contribution in [0.1, 0.15) is 24.2 Å². The van der Waals surface area contributed by atoms with E-state index in [1.54, 1.807) is 50.2 Å². The van der Waals surface area contributed by atoms with Crippen LogP contribution in [0.2, 0.25) is 0 Å². The van der Waals surface area contributed by atoms with E-state index in [0.29, 0.717) is 11.3 Å². The van der Waals surface area contributed by atoms with E-state index in [2.05, 4.69) is 16.0 Å². The highest BCUT2D eigenvalue weighted by Crippen LogP contribution is 2.14. The summed E-state index contributed by atoms with van der Waals surface area (Å²) < 4.78 is 0. The number of benzene rings is 2. The lowest BCUT2D eigenvalue weighted by Crippen LogP contribution is -2.36. The Hall–Kier alpha value is -2.73. The monoisotopic (exact) mass is 341 g/mol. The number of thiocarbonyl (C=S) groups is 1. The maximum absolute atomic E-state index is 12.1. The third-order valence-electron chi connectivity index (χ3n) is 3.20. The van der Waals surface area contributed by atoms with E-state index in [1.165, 1.54) is 0 Å². The van der Waals surface area contributed by atoms with E-state index in [0.717, 1.165) is 5.69 Å². The molecular weight excluding hydrogens is 322 g/mol. The third kappa shape index (κ3) is 5.17. The van der Waals surface area contributed by atoms with Crippen molar-refractivity contribution >= 4 is 40.5 Å². The number of rotatable bonds is 4. The molecular formula is C18H19N3O2S. The van der Waals surface area contributed by atoms with Gasteiger partial charge >= 0.3 is 0 Å². The number of anilines is 2. The summed E-state index contributed by atoms with van der Waals surface area (Å²) in [4.78, 5) is 23.6. The molecule has 0 spiro atoms. The van der Waals surface area contributed by atoms with Crippen molar-refractivity contribution < 1.29 is 9.59 Å². The molecule has 0 aliphatic rings. The topological polar surface area (TPSA) is 70.2 Å². The van der Waals surface area contributed by atoms with Gasteiger partial charge in [0.2, 0.25) is 5.91 Å². The lowest BCUT2D eigenvalue weighted by atomic mass is 10.2. The Bertz CT molecular complexity index is 728. The van der Waals surface area contributed by atoms with Gasteiger partial charge in [0.1, 0.15) is 0 Å². The van der Waals surface area contributed by atoms with Crippen LogP contribution >= 0.6 is 12.2 Å². The second kappa shape index (κ2) is 8.21. The molecule has 5 nitrogen and oxygen atoms in total. The summed E-state index contributed by atoms with van der Waals surface area (Å²) in [6.45, 7) is 3.59. The van der Waals surface area contributed by atoms with Gasteiger partial charge in [0, 0.05) is 22.9 Å². The molecule has 0 saturated carbocycles. The molecule has 0 aliphatic carbocycles. The molecule has 0 fully saturated rings. The van der Waals surface area contributed by atoms with E-state index in [4.69, 9.17) is 12.2 Å². The summed E-state index contributed by atoms with van der Waals surface area (Å²) in [5.41, 5.74) is 1.99. The van der Waals surface area contributed by atoms with Gasteiger partial charge < -0.3 is 16.0 Å². The van der Waals surface area contributed by atoms with Gasteiger partial charge in [-0.1, -0.05) is 32.0 Å². The Morgan fingerprint density at radius 2 is 1.42 bits per heavy atom. The molecule has 0 unspecified atom stereocenters. The Morgan fingerprint density at radius 3 is 1.96 bits per heavy atom. The van der Waals surface area contributed by atoms with Crippen LogP contribution in [0.4, 0.5) is 11.4 Å². The summed E-state index contributed by atoms with van der Waals surface area (Å²) >= 11 is 5.09. The van der Waals surface area contributed by atoms with Gasteiger partial charge in [-0.15, -0.1) is 0 Å². The minimum atomic E-state index is -0.170. The molecule has 0 atom stereocenters.